The quantitative estimate of drug-likeness (QED) is 0.589. The molecule has 0 bridgehead atoms. The van der Waals surface area contributed by atoms with Gasteiger partial charge in [-0.2, -0.15) is 0 Å². The van der Waals surface area contributed by atoms with Crippen molar-refractivity contribution in [3.05, 3.63) is 58.2 Å². The van der Waals surface area contributed by atoms with Crippen LogP contribution in [0, 0.1) is 5.41 Å². The average molecular weight is 364 g/mol. The first-order chi connectivity index (χ1) is 12.6. The fourth-order valence-electron chi connectivity index (χ4n) is 4.34. The number of carbonyl (C=O) groups excluding carboxylic acids is 1. The van der Waals surface area contributed by atoms with Crippen LogP contribution in [0.15, 0.2) is 40.9 Å². The zero-order valence-corrected chi connectivity index (χ0v) is 16.4. The minimum Gasteiger partial charge on any atom is -0.294 e. The summed E-state index contributed by atoms with van der Waals surface area (Å²) < 4.78 is 0. The molecule has 0 fully saturated rings. The number of thioether (sulfide) groups is 1. The molecule has 0 radical (unpaired) electrons. The van der Waals surface area contributed by atoms with Gasteiger partial charge < -0.3 is 0 Å². The first-order valence-corrected chi connectivity index (χ1v) is 10.5. The number of Topliss-reactive ketones (excluding diaryl/α,β-unsaturated/α-hetero) is 1. The van der Waals surface area contributed by atoms with Crippen molar-refractivity contribution in [2.24, 2.45) is 10.4 Å². The minimum atomic E-state index is 0.252. The van der Waals surface area contributed by atoms with E-state index in [1.54, 1.807) is 17.3 Å². The third kappa shape index (κ3) is 3.14. The molecule has 134 valence electrons. The van der Waals surface area contributed by atoms with E-state index in [0.717, 1.165) is 36.9 Å². The predicted octanol–water partition coefficient (Wildman–Crippen LogP) is 5.73. The van der Waals surface area contributed by atoms with Gasteiger partial charge in [0.25, 0.3) is 0 Å². The number of rotatable bonds is 0. The van der Waals surface area contributed by atoms with E-state index < -0.39 is 0 Å². The Morgan fingerprint density at radius 3 is 2.73 bits per heavy atom. The molecular weight excluding hydrogens is 338 g/mol. The second kappa shape index (κ2) is 7.03. The van der Waals surface area contributed by atoms with E-state index >= 15 is 0 Å². The van der Waals surface area contributed by atoms with Gasteiger partial charge in [0.2, 0.25) is 0 Å². The van der Waals surface area contributed by atoms with Crippen molar-refractivity contribution >= 4 is 34.7 Å². The van der Waals surface area contributed by atoms with Crippen LogP contribution >= 0.6 is 11.8 Å². The highest BCUT2D eigenvalue weighted by Gasteiger charge is 2.33. The van der Waals surface area contributed by atoms with Gasteiger partial charge in [-0.05, 0) is 46.9 Å². The van der Waals surface area contributed by atoms with Crippen LogP contribution in [0.3, 0.4) is 0 Å². The molecule has 1 aromatic rings. The molecule has 0 saturated heterocycles. The number of hydrogen-bond acceptors (Lipinski definition) is 3. The summed E-state index contributed by atoms with van der Waals surface area (Å²) in [6, 6.07) is 4.34. The van der Waals surface area contributed by atoms with Crippen molar-refractivity contribution < 1.29 is 4.79 Å². The molecule has 0 amide bonds. The number of benzene rings is 1. The Hall–Kier alpha value is -1.87. The van der Waals surface area contributed by atoms with Crippen LogP contribution in [0.1, 0.15) is 60.2 Å². The molecule has 1 heterocycles. The molecule has 0 spiro atoms. The smallest absolute Gasteiger partial charge is 0.167 e. The van der Waals surface area contributed by atoms with Gasteiger partial charge in [-0.25, -0.2) is 0 Å². The number of nitrogens with zero attached hydrogens (tertiary/aromatic N) is 1. The number of hydrogen-bond donors (Lipinski definition) is 0. The van der Waals surface area contributed by atoms with Gasteiger partial charge in [-0.3, -0.25) is 9.79 Å². The molecule has 3 aliphatic carbocycles. The number of fused-ring (bicyclic) bond motifs is 4. The fraction of sp³-hybridized carbons (Fsp3) is 0.391. The van der Waals surface area contributed by atoms with E-state index in [9.17, 15) is 4.79 Å². The monoisotopic (exact) mass is 363 g/mol. The summed E-state index contributed by atoms with van der Waals surface area (Å²) in [5.41, 5.74) is 9.76. The third-order valence-electron chi connectivity index (χ3n) is 5.68. The Bertz CT molecular complexity index is 864. The van der Waals surface area contributed by atoms with Gasteiger partial charge in [0, 0.05) is 24.3 Å². The van der Waals surface area contributed by atoms with Crippen molar-refractivity contribution in [1.82, 2.24) is 0 Å². The molecule has 0 unspecified atom stereocenters. The van der Waals surface area contributed by atoms with Gasteiger partial charge in [0.1, 0.15) is 0 Å². The molecule has 2 nitrogen and oxygen atoms in total. The largest absolute Gasteiger partial charge is 0.294 e. The summed E-state index contributed by atoms with van der Waals surface area (Å²) in [4.78, 5) is 16.3. The molecule has 1 aliphatic heterocycles. The minimum absolute atomic E-state index is 0.252. The zero-order valence-electron chi connectivity index (χ0n) is 15.5. The lowest BCUT2D eigenvalue weighted by molar-refractivity contribution is 0.0993. The molecule has 0 aromatic heterocycles. The first-order valence-electron chi connectivity index (χ1n) is 9.44. The SMILES string of the molecule is C1=NCCS1.CC1(C)CC=CC2=C1CCc1c2ccc2c1C(=O)CC=C2. The second-order valence-electron chi connectivity index (χ2n) is 7.85. The fourth-order valence-corrected chi connectivity index (χ4v) is 4.87. The number of carbonyl (C=O) groups is 1. The molecule has 0 atom stereocenters. The van der Waals surface area contributed by atoms with Crippen LogP contribution < -0.4 is 0 Å². The van der Waals surface area contributed by atoms with Crippen LogP contribution in [-0.2, 0) is 6.42 Å². The van der Waals surface area contributed by atoms with E-state index in [0.29, 0.717) is 6.42 Å². The van der Waals surface area contributed by atoms with E-state index in [1.165, 1.54) is 22.5 Å². The highest BCUT2D eigenvalue weighted by atomic mass is 32.2. The summed E-state index contributed by atoms with van der Waals surface area (Å²) in [6.45, 7) is 5.71. The maximum Gasteiger partial charge on any atom is 0.167 e. The van der Waals surface area contributed by atoms with Crippen LogP contribution in [0.5, 0.6) is 0 Å². The highest BCUT2D eigenvalue weighted by Crippen LogP contribution is 2.47. The molecule has 0 N–H and O–H groups in total. The van der Waals surface area contributed by atoms with Gasteiger partial charge in [0.05, 0.1) is 5.55 Å². The number of allylic oxidation sites excluding steroid dienone is 5. The van der Waals surface area contributed by atoms with Crippen molar-refractivity contribution in [1.29, 1.82) is 0 Å². The van der Waals surface area contributed by atoms with Crippen LogP contribution in [0.2, 0.25) is 0 Å². The Labute approximate surface area is 160 Å². The zero-order chi connectivity index (χ0) is 18.1. The predicted molar refractivity (Wildman–Crippen MR) is 113 cm³/mol. The van der Waals surface area contributed by atoms with E-state index in [1.807, 2.05) is 11.6 Å². The highest BCUT2D eigenvalue weighted by molar-refractivity contribution is 8.12. The van der Waals surface area contributed by atoms with Crippen molar-refractivity contribution in [3.8, 4) is 0 Å². The lowest BCUT2D eigenvalue weighted by Gasteiger charge is -2.36. The molecular formula is C23H25NOS. The van der Waals surface area contributed by atoms with E-state index in [2.05, 4.69) is 49.2 Å². The van der Waals surface area contributed by atoms with Gasteiger partial charge >= 0.3 is 0 Å². The normalized spacial score (nSPS) is 21.7. The van der Waals surface area contributed by atoms with Gasteiger partial charge in [-0.1, -0.05) is 55.9 Å². The third-order valence-corrected chi connectivity index (χ3v) is 6.40. The van der Waals surface area contributed by atoms with Crippen LogP contribution in [0.25, 0.3) is 11.6 Å². The number of aliphatic imine (C=N–C) groups is 1. The van der Waals surface area contributed by atoms with Crippen LogP contribution in [-0.4, -0.2) is 23.6 Å². The average Bonchev–Trinajstić information content (AvgIpc) is 3.21. The molecule has 1 aromatic carbocycles. The molecule has 3 heteroatoms. The Kier molecular flexibility index (Phi) is 4.74. The molecule has 5 rings (SSSR count). The summed E-state index contributed by atoms with van der Waals surface area (Å²) in [6.07, 6.45) is 12.4. The van der Waals surface area contributed by atoms with E-state index in [-0.39, 0.29) is 11.2 Å². The van der Waals surface area contributed by atoms with E-state index in [4.69, 9.17) is 0 Å². The van der Waals surface area contributed by atoms with Gasteiger partial charge in [0.15, 0.2) is 5.78 Å². The topological polar surface area (TPSA) is 29.4 Å². The summed E-state index contributed by atoms with van der Waals surface area (Å²) in [5.74, 6) is 1.48. The lowest BCUT2D eigenvalue weighted by Crippen LogP contribution is -2.23. The van der Waals surface area contributed by atoms with Crippen molar-refractivity contribution in [2.45, 2.75) is 39.5 Å². The summed E-state index contributed by atoms with van der Waals surface area (Å²) >= 11 is 1.78. The molecule has 0 saturated carbocycles. The first kappa shape index (κ1) is 17.5. The lowest BCUT2D eigenvalue weighted by atomic mass is 9.68. The van der Waals surface area contributed by atoms with Crippen LogP contribution in [0.4, 0.5) is 0 Å². The Balaban J connectivity index is 0.000000292. The molecule has 26 heavy (non-hydrogen) atoms. The summed E-state index contributed by atoms with van der Waals surface area (Å²) in [5, 5.41) is 0. The van der Waals surface area contributed by atoms with Crippen molar-refractivity contribution in [3.63, 3.8) is 0 Å². The summed E-state index contributed by atoms with van der Waals surface area (Å²) in [7, 11) is 0. The standard InChI is InChI=1S/C20H20O.C3H5NS/c1-20(2)12-4-6-15-14-9-8-13-5-3-7-18(21)19(13)16(14)10-11-17(15)20;1-2-5-3-4-1/h3-6,8-9H,7,10-12H2,1-2H3;3H,1-2H2. The Morgan fingerprint density at radius 2 is 2.00 bits per heavy atom. The maximum atomic E-state index is 12.4. The maximum absolute atomic E-state index is 12.4. The Morgan fingerprint density at radius 1 is 1.12 bits per heavy atom. The van der Waals surface area contributed by atoms with Crippen molar-refractivity contribution in [2.75, 3.05) is 12.3 Å². The van der Waals surface area contributed by atoms with Gasteiger partial charge in [-0.15, -0.1) is 11.8 Å². The second-order valence-corrected chi connectivity index (χ2v) is 8.80. The molecule has 4 aliphatic rings. The number of ketones is 1.